The highest BCUT2D eigenvalue weighted by Gasteiger charge is 2.12. The van der Waals surface area contributed by atoms with Crippen LogP contribution in [0.4, 0.5) is 10.1 Å². The number of benzene rings is 1. The molecule has 0 unspecified atom stereocenters. The highest BCUT2D eigenvalue weighted by atomic mass is 32.2. The molecule has 2 N–H and O–H groups in total. The zero-order valence-corrected chi connectivity index (χ0v) is 13.7. The van der Waals surface area contributed by atoms with Crippen LogP contribution in [0.2, 0.25) is 0 Å². The average molecular weight is 336 g/mol. The van der Waals surface area contributed by atoms with E-state index in [1.54, 1.807) is 13.8 Å². The lowest BCUT2D eigenvalue weighted by molar-refractivity contribution is 0.584. The summed E-state index contributed by atoms with van der Waals surface area (Å²) in [4.78, 5) is 4.19. The van der Waals surface area contributed by atoms with Gasteiger partial charge in [-0.3, -0.25) is 4.98 Å². The molecule has 0 bridgehead atoms. The number of hydrogen-bond donors (Lipinski definition) is 2. The van der Waals surface area contributed by atoms with Crippen LogP contribution in [0.5, 0.6) is 0 Å². The van der Waals surface area contributed by atoms with Gasteiger partial charge in [0, 0.05) is 24.7 Å². The van der Waals surface area contributed by atoms with E-state index < -0.39 is 15.8 Å². The highest BCUT2D eigenvalue weighted by Crippen LogP contribution is 2.28. The molecule has 6 nitrogen and oxygen atoms in total. The van der Waals surface area contributed by atoms with Crippen LogP contribution in [-0.4, -0.2) is 32.2 Å². The summed E-state index contributed by atoms with van der Waals surface area (Å²) >= 11 is 0. The topological polar surface area (TPSA) is 94.9 Å². The van der Waals surface area contributed by atoms with E-state index in [0.717, 1.165) is 0 Å². The number of rotatable bonds is 6. The van der Waals surface area contributed by atoms with Gasteiger partial charge in [-0.15, -0.1) is 0 Å². The lowest BCUT2D eigenvalue weighted by Crippen LogP contribution is -2.30. The van der Waals surface area contributed by atoms with Crippen LogP contribution in [-0.2, 0) is 10.0 Å². The second-order valence-corrected chi connectivity index (χ2v) is 7.10. The Balaban J connectivity index is 2.30. The number of fused-ring (bicyclic) bond motifs is 1. The van der Waals surface area contributed by atoms with Gasteiger partial charge < -0.3 is 5.32 Å². The van der Waals surface area contributed by atoms with Crippen LogP contribution in [0.25, 0.3) is 10.9 Å². The summed E-state index contributed by atoms with van der Waals surface area (Å²) in [5, 5.41) is 12.7. The Morgan fingerprint density at radius 2 is 2.09 bits per heavy atom. The molecule has 0 saturated carbocycles. The minimum atomic E-state index is -3.27. The van der Waals surface area contributed by atoms with Crippen LogP contribution < -0.4 is 10.0 Å². The van der Waals surface area contributed by atoms with E-state index in [1.807, 2.05) is 6.07 Å². The highest BCUT2D eigenvalue weighted by molar-refractivity contribution is 7.89. The molecule has 0 saturated heterocycles. The number of hydrogen-bond acceptors (Lipinski definition) is 5. The van der Waals surface area contributed by atoms with Crippen molar-refractivity contribution in [1.29, 1.82) is 5.26 Å². The fourth-order valence-corrected chi connectivity index (χ4v) is 2.82. The van der Waals surface area contributed by atoms with E-state index in [-0.39, 0.29) is 24.4 Å². The first-order chi connectivity index (χ1) is 10.9. The SMILES string of the molecule is CCS(=O)(=O)NCCNc1c(C#N)cnc2c(C)cc(F)cc12. The van der Waals surface area contributed by atoms with E-state index in [9.17, 15) is 18.1 Å². The zero-order valence-electron chi connectivity index (χ0n) is 12.9. The fourth-order valence-electron chi connectivity index (χ4n) is 2.21. The van der Waals surface area contributed by atoms with E-state index in [2.05, 4.69) is 15.0 Å². The van der Waals surface area contributed by atoms with Crippen molar-refractivity contribution in [3.63, 3.8) is 0 Å². The number of halogens is 1. The average Bonchev–Trinajstić information content (AvgIpc) is 2.51. The van der Waals surface area contributed by atoms with Crippen LogP contribution >= 0.6 is 0 Å². The van der Waals surface area contributed by atoms with Crippen LogP contribution in [0.3, 0.4) is 0 Å². The summed E-state index contributed by atoms with van der Waals surface area (Å²) < 4.78 is 38.9. The molecule has 122 valence electrons. The van der Waals surface area contributed by atoms with Gasteiger partial charge in [0.2, 0.25) is 10.0 Å². The lowest BCUT2D eigenvalue weighted by Gasteiger charge is -2.13. The van der Waals surface area contributed by atoms with E-state index in [4.69, 9.17) is 0 Å². The molecule has 1 aromatic carbocycles. The van der Waals surface area contributed by atoms with Gasteiger partial charge in [0.25, 0.3) is 0 Å². The number of nitrogens with one attached hydrogen (secondary N) is 2. The number of aromatic nitrogens is 1. The molecular weight excluding hydrogens is 319 g/mol. The van der Waals surface area contributed by atoms with Crippen molar-refractivity contribution in [1.82, 2.24) is 9.71 Å². The third-order valence-electron chi connectivity index (χ3n) is 3.38. The molecule has 0 spiro atoms. The first-order valence-corrected chi connectivity index (χ1v) is 8.73. The van der Waals surface area contributed by atoms with Crippen molar-refractivity contribution in [3.05, 3.63) is 35.3 Å². The summed E-state index contributed by atoms with van der Waals surface area (Å²) in [6.45, 7) is 3.72. The lowest BCUT2D eigenvalue weighted by atomic mass is 10.1. The third-order valence-corrected chi connectivity index (χ3v) is 4.78. The standard InChI is InChI=1S/C15H17FN4O2S/c1-3-23(21,22)20-5-4-18-15-11(8-17)9-19-14-10(2)6-12(16)7-13(14)15/h6-7,9,20H,3-5H2,1-2H3,(H,18,19). The maximum atomic E-state index is 13.7. The molecule has 0 aliphatic rings. The van der Waals surface area contributed by atoms with Crippen molar-refractivity contribution >= 4 is 26.6 Å². The Morgan fingerprint density at radius 3 is 2.74 bits per heavy atom. The van der Waals surface area contributed by atoms with E-state index >= 15 is 0 Å². The smallest absolute Gasteiger partial charge is 0.211 e. The minimum absolute atomic E-state index is 0.000953. The molecule has 0 amide bonds. The maximum Gasteiger partial charge on any atom is 0.211 e. The molecule has 0 aliphatic heterocycles. The summed E-state index contributed by atoms with van der Waals surface area (Å²) in [5.74, 6) is -0.416. The van der Waals surface area contributed by atoms with Crippen LogP contribution in [0, 0.1) is 24.1 Å². The summed E-state index contributed by atoms with van der Waals surface area (Å²) in [6, 6.07) is 4.70. The second-order valence-electron chi connectivity index (χ2n) is 5.00. The number of sulfonamides is 1. The van der Waals surface area contributed by atoms with Gasteiger partial charge in [0.05, 0.1) is 22.5 Å². The predicted octanol–water partition coefficient (Wildman–Crippen LogP) is 1.91. The summed E-state index contributed by atoms with van der Waals surface area (Å²) in [7, 11) is -3.27. The van der Waals surface area contributed by atoms with Crippen molar-refractivity contribution in [2.75, 3.05) is 24.2 Å². The minimum Gasteiger partial charge on any atom is -0.382 e. The van der Waals surface area contributed by atoms with Gasteiger partial charge in [0.1, 0.15) is 11.9 Å². The Hall–Kier alpha value is -2.24. The molecule has 0 fully saturated rings. The quantitative estimate of drug-likeness (QED) is 0.786. The van der Waals surface area contributed by atoms with Crippen molar-refractivity contribution in [2.24, 2.45) is 0 Å². The second kappa shape index (κ2) is 6.89. The van der Waals surface area contributed by atoms with Crippen LogP contribution in [0.15, 0.2) is 18.3 Å². The Kier molecular flexibility index (Phi) is 5.13. The molecule has 1 aromatic heterocycles. The molecule has 2 rings (SSSR count). The molecule has 8 heteroatoms. The fraction of sp³-hybridized carbons (Fsp3) is 0.333. The largest absolute Gasteiger partial charge is 0.382 e. The molecule has 2 aromatic rings. The summed E-state index contributed by atoms with van der Waals surface area (Å²) in [6.07, 6.45) is 1.42. The first-order valence-electron chi connectivity index (χ1n) is 7.08. The number of nitriles is 1. The Bertz CT molecular complexity index is 875. The molecule has 0 aliphatic carbocycles. The molecular formula is C15H17FN4O2S. The summed E-state index contributed by atoms with van der Waals surface area (Å²) in [5.41, 5.74) is 2.00. The van der Waals surface area contributed by atoms with Crippen molar-refractivity contribution in [3.8, 4) is 6.07 Å². The normalized spacial score (nSPS) is 11.4. The molecule has 0 atom stereocenters. The number of anilines is 1. The number of pyridine rings is 1. The van der Waals surface area contributed by atoms with Crippen LogP contribution in [0.1, 0.15) is 18.1 Å². The molecule has 1 heterocycles. The van der Waals surface area contributed by atoms with Gasteiger partial charge in [0.15, 0.2) is 0 Å². The van der Waals surface area contributed by atoms with Gasteiger partial charge >= 0.3 is 0 Å². The zero-order chi connectivity index (χ0) is 17.0. The predicted molar refractivity (Wildman–Crippen MR) is 87.1 cm³/mol. The molecule has 23 heavy (non-hydrogen) atoms. The third kappa shape index (κ3) is 3.94. The van der Waals surface area contributed by atoms with Gasteiger partial charge in [-0.05, 0) is 31.5 Å². The molecule has 0 radical (unpaired) electrons. The van der Waals surface area contributed by atoms with Gasteiger partial charge in [-0.1, -0.05) is 0 Å². The first kappa shape index (κ1) is 17.1. The van der Waals surface area contributed by atoms with E-state index in [0.29, 0.717) is 22.2 Å². The van der Waals surface area contributed by atoms with Crippen molar-refractivity contribution < 1.29 is 12.8 Å². The van der Waals surface area contributed by atoms with Gasteiger partial charge in [-0.25, -0.2) is 17.5 Å². The Morgan fingerprint density at radius 1 is 1.35 bits per heavy atom. The monoisotopic (exact) mass is 336 g/mol. The van der Waals surface area contributed by atoms with Gasteiger partial charge in [-0.2, -0.15) is 5.26 Å². The van der Waals surface area contributed by atoms with Crippen molar-refractivity contribution in [2.45, 2.75) is 13.8 Å². The maximum absolute atomic E-state index is 13.7. The number of aryl methyl sites for hydroxylation is 1. The Labute approximate surface area is 134 Å². The number of nitrogens with zero attached hydrogens (tertiary/aromatic N) is 2. The van der Waals surface area contributed by atoms with E-state index in [1.165, 1.54) is 18.3 Å².